The first kappa shape index (κ1) is 15.2. The zero-order valence-electron chi connectivity index (χ0n) is 13.7. The van der Waals surface area contributed by atoms with Crippen LogP contribution in [0, 0.1) is 23.2 Å². The van der Waals surface area contributed by atoms with Gasteiger partial charge < -0.3 is 10.4 Å². The molecule has 2 N–H and O–H groups in total. The smallest absolute Gasteiger partial charge is 0.226 e. The number of rotatable bonds is 5. The van der Waals surface area contributed by atoms with Crippen molar-refractivity contribution in [3.63, 3.8) is 0 Å². The predicted octanol–water partition coefficient (Wildman–Crippen LogP) is 3.44. The Morgan fingerprint density at radius 3 is 2.22 bits per heavy atom. The fourth-order valence-corrected chi connectivity index (χ4v) is 5.74. The van der Waals surface area contributed by atoms with Crippen LogP contribution in [-0.2, 0) is 4.79 Å². The van der Waals surface area contributed by atoms with Crippen LogP contribution in [-0.4, -0.2) is 17.6 Å². The highest BCUT2D eigenvalue weighted by atomic mass is 16.3. The number of hydrogen-bond donors (Lipinski definition) is 2. The van der Waals surface area contributed by atoms with E-state index in [-0.39, 0.29) is 11.3 Å². The van der Waals surface area contributed by atoms with Crippen LogP contribution in [0.3, 0.4) is 0 Å². The van der Waals surface area contributed by atoms with E-state index in [9.17, 15) is 9.90 Å². The highest BCUT2D eigenvalue weighted by molar-refractivity contribution is 5.83. The third-order valence-electron chi connectivity index (χ3n) is 6.41. The molecule has 1 aromatic rings. The molecule has 0 aliphatic heterocycles. The van der Waals surface area contributed by atoms with Gasteiger partial charge in [0.05, 0.1) is 6.10 Å². The van der Waals surface area contributed by atoms with Crippen LogP contribution in [0.25, 0.3) is 0 Å². The van der Waals surface area contributed by atoms with E-state index in [1.54, 1.807) is 0 Å². The Labute approximate surface area is 138 Å². The van der Waals surface area contributed by atoms with Crippen molar-refractivity contribution in [3.8, 4) is 0 Å². The lowest BCUT2D eigenvalue weighted by atomic mass is 9.49. The Morgan fingerprint density at radius 1 is 1.09 bits per heavy atom. The van der Waals surface area contributed by atoms with Crippen LogP contribution in [0.5, 0.6) is 0 Å². The highest BCUT2D eigenvalue weighted by Crippen LogP contribution is 2.60. The molecular weight excluding hydrogens is 286 g/mol. The topological polar surface area (TPSA) is 49.3 Å². The zero-order valence-corrected chi connectivity index (χ0v) is 13.7. The van der Waals surface area contributed by atoms with Crippen LogP contribution in [0.15, 0.2) is 30.3 Å². The summed E-state index contributed by atoms with van der Waals surface area (Å²) in [5, 5.41) is 13.4. The maximum absolute atomic E-state index is 12.8. The monoisotopic (exact) mass is 313 g/mol. The summed E-state index contributed by atoms with van der Waals surface area (Å²) in [4.78, 5) is 12.8. The number of benzene rings is 1. The van der Waals surface area contributed by atoms with Crippen LogP contribution >= 0.6 is 0 Å². The molecule has 5 rings (SSSR count). The van der Waals surface area contributed by atoms with Crippen molar-refractivity contribution >= 4 is 5.91 Å². The molecule has 23 heavy (non-hydrogen) atoms. The van der Waals surface area contributed by atoms with Gasteiger partial charge >= 0.3 is 0 Å². The summed E-state index contributed by atoms with van der Waals surface area (Å²) in [5.41, 5.74) is 0.850. The lowest BCUT2D eigenvalue weighted by molar-refractivity contribution is -0.146. The van der Waals surface area contributed by atoms with E-state index in [0.29, 0.717) is 13.0 Å². The van der Waals surface area contributed by atoms with E-state index in [1.165, 1.54) is 19.3 Å². The van der Waals surface area contributed by atoms with Crippen molar-refractivity contribution in [2.75, 3.05) is 6.54 Å². The molecule has 4 bridgehead atoms. The fraction of sp³-hybridized carbons (Fsp3) is 0.650. The average Bonchev–Trinajstić information content (AvgIpc) is 2.54. The molecule has 0 radical (unpaired) electrons. The molecule has 4 aliphatic rings. The second-order valence-electron chi connectivity index (χ2n) is 8.17. The Bertz CT molecular complexity index is 533. The molecule has 4 fully saturated rings. The Kier molecular flexibility index (Phi) is 3.92. The molecule has 3 nitrogen and oxygen atoms in total. The van der Waals surface area contributed by atoms with Gasteiger partial charge in [-0.2, -0.15) is 0 Å². The molecule has 4 aliphatic carbocycles. The van der Waals surface area contributed by atoms with E-state index in [0.717, 1.165) is 42.6 Å². The molecule has 4 saturated carbocycles. The number of aliphatic hydroxyl groups excluding tert-OH is 1. The van der Waals surface area contributed by atoms with Crippen molar-refractivity contribution in [1.82, 2.24) is 5.32 Å². The maximum atomic E-state index is 12.8. The number of nitrogens with one attached hydrogen (secondary N) is 1. The molecule has 0 unspecified atom stereocenters. The third kappa shape index (κ3) is 2.91. The molecule has 0 saturated heterocycles. The number of hydrogen-bond acceptors (Lipinski definition) is 2. The van der Waals surface area contributed by atoms with Gasteiger partial charge in [0.25, 0.3) is 0 Å². The van der Waals surface area contributed by atoms with Crippen molar-refractivity contribution < 1.29 is 9.90 Å². The van der Waals surface area contributed by atoms with Gasteiger partial charge in [0.2, 0.25) is 5.91 Å². The molecule has 0 aromatic heterocycles. The Balaban J connectivity index is 1.32. The first-order valence-electron chi connectivity index (χ1n) is 9.16. The number of aliphatic hydroxyl groups is 1. The molecule has 0 spiro atoms. The van der Waals surface area contributed by atoms with Gasteiger partial charge in [-0.05, 0) is 68.3 Å². The normalized spacial score (nSPS) is 36.0. The zero-order chi connectivity index (χ0) is 15.9. The SMILES string of the molecule is O=C(NCC[C@H](O)c1ccccc1)C12CC3CC(CC(C3)C1)C2. The van der Waals surface area contributed by atoms with Gasteiger partial charge in [-0.15, -0.1) is 0 Å². The van der Waals surface area contributed by atoms with Crippen LogP contribution < -0.4 is 5.32 Å². The highest BCUT2D eigenvalue weighted by Gasteiger charge is 2.54. The summed E-state index contributed by atoms with van der Waals surface area (Å²) in [6.07, 6.45) is 7.48. The predicted molar refractivity (Wildman–Crippen MR) is 89.6 cm³/mol. The number of amides is 1. The summed E-state index contributed by atoms with van der Waals surface area (Å²) < 4.78 is 0. The van der Waals surface area contributed by atoms with E-state index in [2.05, 4.69) is 5.32 Å². The van der Waals surface area contributed by atoms with Gasteiger partial charge in [0, 0.05) is 12.0 Å². The van der Waals surface area contributed by atoms with Crippen molar-refractivity contribution in [3.05, 3.63) is 35.9 Å². The van der Waals surface area contributed by atoms with Crippen molar-refractivity contribution in [2.24, 2.45) is 23.2 Å². The van der Waals surface area contributed by atoms with E-state index in [1.807, 2.05) is 30.3 Å². The van der Waals surface area contributed by atoms with E-state index < -0.39 is 6.10 Å². The Morgan fingerprint density at radius 2 is 1.65 bits per heavy atom. The molecule has 1 aromatic carbocycles. The van der Waals surface area contributed by atoms with E-state index in [4.69, 9.17) is 0 Å². The summed E-state index contributed by atoms with van der Waals surface area (Å²) in [7, 11) is 0. The van der Waals surface area contributed by atoms with Gasteiger partial charge in [-0.3, -0.25) is 4.79 Å². The lowest BCUT2D eigenvalue weighted by Crippen LogP contribution is -2.53. The van der Waals surface area contributed by atoms with Gasteiger partial charge in [-0.1, -0.05) is 30.3 Å². The first-order valence-corrected chi connectivity index (χ1v) is 9.16. The average molecular weight is 313 g/mol. The molecule has 1 amide bonds. The fourth-order valence-electron chi connectivity index (χ4n) is 5.74. The summed E-state index contributed by atoms with van der Waals surface area (Å²) in [6.45, 7) is 0.566. The minimum Gasteiger partial charge on any atom is -0.388 e. The third-order valence-corrected chi connectivity index (χ3v) is 6.41. The second kappa shape index (κ2) is 5.94. The summed E-state index contributed by atoms with van der Waals surface area (Å²) in [5.74, 6) is 2.64. The summed E-state index contributed by atoms with van der Waals surface area (Å²) in [6, 6.07) is 9.70. The van der Waals surface area contributed by atoms with Gasteiger partial charge in [0.15, 0.2) is 0 Å². The second-order valence-corrected chi connectivity index (χ2v) is 8.17. The maximum Gasteiger partial charge on any atom is 0.226 e. The molecule has 0 heterocycles. The van der Waals surface area contributed by atoms with Crippen molar-refractivity contribution in [2.45, 2.75) is 51.0 Å². The lowest BCUT2D eigenvalue weighted by Gasteiger charge is -2.55. The van der Waals surface area contributed by atoms with Crippen LogP contribution in [0.2, 0.25) is 0 Å². The number of carbonyl (C=O) groups excluding carboxylic acids is 1. The van der Waals surface area contributed by atoms with Crippen LogP contribution in [0.4, 0.5) is 0 Å². The van der Waals surface area contributed by atoms with Gasteiger partial charge in [-0.25, -0.2) is 0 Å². The number of carbonyl (C=O) groups is 1. The first-order chi connectivity index (χ1) is 11.1. The quantitative estimate of drug-likeness (QED) is 0.875. The van der Waals surface area contributed by atoms with Crippen molar-refractivity contribution in [1.29, 1.82) is 0 Å². The largest absolute Gasteiger partial charge is 0.388 e. The molecule has 1 atom stereocenters. The standard InChI is InChI=1S/C20H27NO2/c22-18(17-4-2-1-3-5-17)6-7-21-19(23)20-11-14-8-15(12-20)10-16(9-14)13-20/h1-5,14-16,18,22H,6-13H2,(H,21,23)/t14?,15?,16?,18-,20?/m0/s1. The molecule has 124 valence electrons. The Hall–Kier alpha value is -1.35. The molecular formula is C20H27NO2. The minimum absolute atomic E-state index is 0.0769. The minimum atomic E-state index is -0.493. The van der Waals surface area contributed by atoms with Crippen LogP contribution in [0.1, 0.15) is 56.6 Å². The summed E-state index contributed by atoms with van der Waals surface area (Å²) >= 11 is 0. The van der Waals surface area contributed by atoms with Gasteiger partial charge in [0.1, 0.15) is 0 Å². The molecule has 3 heteroatoms. The van der Waals surface area contributed by atoms with E-state index >= 15 is 0 Å².